The first kappa shape index (κ1) is 17.9. The zero-order valence-electron chi connectivity index (χ0n) is 15.2. The number of aromatic nitrogens is 1. The summed E-state index contributed by atoms with van der Waals surface area (Å²) in [6, 6.07) is 0.222. The van der Waals surface area contributed by atoms with Gasteiger partial charge in [-0.1, -0.05) is 12.8 Å². The number of nitrogens with zero attached hydrogens (tertiary/aromatic N) is 2. The van der Waals surface area contributed by atoms with Gasteiger partial charge < -0.3 is 22.1 Å². The third-order valence-corrected chi connectivity index (χ3v) is 5.45. The van der Waals surface area contributed by atoms with E-state index in [-0.39, 0.29) is 35.9 Å². The van der Waals surface area contributed by atoms with Crippen molar-refractivity contribution in [2.24, 2.45) is 16.5 Å². The Kier molecular flexibility index (Phi) is 4.82. The number of aliphatic imine (C=N–C) groups is 1. The first-order valence-corrected chi connectivity index (χ1v) is 9.56. The quantitative estimate of drug-likeness (QED) is 0.587. The third kappa shape index (κ3) is 3.53. The van der Waals surface area contributed by atoms with E-state index in [1.54, 1.807) is 6.21 Å². The molecule has 1 unspecified atom stereocenters. The smallest absolute Gasteiger partial charge is 0.254 e. The van der Waals surface area contributed by atoms with Gasteiger partial charge in [-0.15, -0.1) is 0 Å². The van der Waals surface area contributed by atoms with Crippen molar-refractivity contribution in [3.05, 3.63) is 28.8 Å². The number of nitrogens with one attached hydrogen (secondary N) is 2. The maximum absolute atomic E-state index is 15.1. The topological polar surface area (TPSA) is 118 Å². The van der Waals surface area contributed by atoms with Crippen LogP contribution in [0.15, 0.2) is 11.2 Å². The summed E-state index contributed by atoms with van der Waals surface area (Å²) in [5.41, 5.74) is 13.4. The second-order valence-corrected chi connectivity index (χ2v) is 7.49. The van der Waals surface area contributed by atoms with Crippen molar-refractivity contribution in [3.8, 4) is 0 Å². The normalized spacial score (nSPS) is 25.6. The fourth-order valence-electron chi connectivity index (χ4n) is 3.69. The number of carbonyl (C=O) groups is 1. The Morgan fingerprint density at radius 1 is 1.30 bits per heavy atom. The molecule has 2 fully saturated rings. The number of amides is 1. The van der Waals surface area contributed by atoms with Gasteiger partial charge in [-0.05, 0) is 25.7 Å². The summed E-state index contributed by atoms with van der Waals surface area (Å²) in [7, 11) is 0. The maximum Gasteiger partial charge on any atom is 0.254 e. The molecule has 3 aliphatic rings. The molecule has 1 aliphatic heterocycles. The zero-order chi connectivity index (χ0) is 19.0. The van der Waals surface area contributed by atoms with Crippen molar-refractivity contribution >= 4 is 23.5 Å². The van der Waals surface area contributed by atoms with Crippen LogP contribution >= 0.6 is 0 Å². The summed E-state index contributed by atoms with van der Waals surface area (Å²) in [5, 5.41) is 5.86. The van der Waals surface area contributed by atoms with Gasteiger partial charge in [0.05, 0.1) is 17.3 Å². The molecule has 144 valence electrons. The standard InChI is InChI=1S/C19H25FN6O/c20-16-12-9-24-19(27)15(12)17(10(7-21)8-23-11-5-6-11)26-18(16)25-14-4-2-1-3-13(14)22/h7-8,11,13-14H,1-6,9,21-22H2,(H,24,27)(H,25,26)/t13-,14?/m0/s1. The van der Waals surface area contributed by atoms with Gasteiger partial charge >= 0.3 is 0 Å². The SMILES string of the molecule is NC=C(C=NC1CC1)c1nc(NC2CCCC[C@@H]2N)c(F)c2c1C(=O)NC2. The van der Waals surface area contributed by atoms with Crippen molar-refractivity contribution in [2.45, 2.75) is 63.2 Å². The first-order valence-electron chi connectivity index (χ1n) is 9.56. The van der Waals surface area contributed by atoms with E-state index >= 15 is 4.39 Å². The van der Waals surface area contributed by atoms with Crippen LogP contribution in [0.3, 0.4) is 0 Å². The average molecular weight is 372 g/mol. The van der Waals surface area contributed by atoms with E-state index in [9.17, 15) is 4.79 Å². The number of halogens is 1. The van der Waals surface area contributed by atoms with Gasteiger partial charge in [0, 0.05) is 42.2 Å². The van der Waals surface area contributed by atoms with Crippen LogP contribution in [0.1, 0.15) is 60.1 Å². The van der Waals surface area contributed by atoms with E-state index in [0.29, 0.717) is 22.9 Å². The van der Waals surface area contributed by atoms with E-state index in [4.69, 9.17) is 11.5 Å². The van der Waals surface area contributed by atoms with Crippen LogP contribution < -0.4 is 22.1 Å². The summed E-state index contributed by atoms with van der Waals surface area (Å²) in [5.74, 6) is -0.714. The Morgan fingerprint density at radius 3 is 2.78 bits per heavy atom. The lowest BCUT2D eigenvalue weighted by Crippen LogP contribution is -2.43. The predicted octanol–water partition coefficient (Wildman–Crippen LogP) is 1.68. The van der Waals surface area contributed by atoms with Crippen LogP contribution in [0, 0.1) is 5.82 Å². The van der Waals surface area contributed by atoms with E-state index in [1.807, 2.05) is 0 Å². The second-order valence-electron chi connectivity index (χ2n) is 7.49. The monoisotopic (exact) mass is 372 g/mol. The number of pyridine rings is 1. The highest BCUT2D eigenvalue weighted by molar-refractivity contribution is 6.14. The Hall–Kier alpha value is -2.48. The molecule has 1 aromatic rings. The van der Waals surface area contributed by atoms with E-state index in [2.05, 4.69) is 20.6 Å². The van der Waals surface area contributed by atoms with Crippen molar-refractivity contribution in [1.82, 2.24) is 10.3 Å². The number of fused-ring (bicyclic) bond motifs is 1. The van der Waals surface area contributed by atoms with Crippen LogP contribution in [0.5, 0.6) is 0 Å². The molecular formula is C19H25FN6O. The van der Waals surface area contributed by atoms with Gasteiger partial charge in [-0.3, -0.25) is 9.79 Å². The minimum Gasteiger partial charge on any atom is -0.404 e. The largest absolute Gasteiger partial charge is 0.404 e. The van der Waals surface area contributed by atoms with Gasteiger partial charge in [0.25, 0.3) is 5.91 Å². The summed E-state index contributed by atoms with van der Waals surface area (Å²) in [6.45, 7) is 0.137. The minimum atomic E-state index is -0.500. The molecule has 2 atom stereocenters. The molecular weight excluding hydrogens is 347 g/mol. The fourth-order valence-corrected chi connectivity index (χ4v) is 3.69. The zero-order valence-corrected chi connectivity index (χ0v) is 15.2. The highest BCUT2D eigenvalue weighted by Gasteiger charge is 2.32. The Labute approximate surface area is 157 Å². The number of allylic oxidation sites excluding steroid dienone is 1. The van der Waals surface area contributed by atoms with Crippen molar-refractivity contribution in [1.29, 1.82) is 0 Å². The fraction of sp³-hybridized carbons (Fsp3) is 0.526. The summed E-state index contributed by atoms with van der Waals surface area (Å²) >= 11 is 0. The number of carbonyl (C=O) groups excluding carboxylic acids is 1. The molecule has 1 aromatic heterocycles. The summed E-state index contributed by atoms with van der Waals surface area (Å²) in [6.07, 6.45) is 9.02. The minimum absolute atomic E-state index is 0.0397. The van der Waals surface area contributed by atoms with E-state index in [0.717, 1.165) is 38.5 Å². The van der Waals surface area contributed by atoms with Crippen molar-refractivity contribution < 1.29 is 9.18 Å². The Bertz CT molecular complexity index is 817. The molecule has 2 aliphatic carbocycles. The lowest BCUT2D eigenvalue weighted by Gasteiger charge is -2.30. The molecule has 2 heterocycles. The van der Waals surface area contributed by atoms with Crippen molar-refractivity contribution in [2.75, 3.05) is 5.32 Å². The molecule has 0 aromatic carbocycles. The number of nitrogens with two attached hydrogens (primary N) is 2. The van der Waals surface area contributed by atoms with Crippen LogP contribution in [0.25, 0.3) is 5.57 Å². The molecule has 0 bridgehead atoms. The van der Waals surface area contributed by atoms with Crippen LogP contribution in [0.2, 0.25) is 0 Å². The molecule has 8 heteroatoms. The molecule has 4 rings (SSSR count). The predicted molar refractivity (Wildman–Crippen MR) is 103 cm³/mol. The molecule has 0 spiro atoms. The lowest BCUT2D eigenvalue weighted by atomic mass is 9.91. The number of hydrogen-bond donors (Lipinski definition) is 4. The van der Waals surface area contributed by atoms with E-state index < -0.39 is 5.82 Å². The molecule has 1 amide bonds. The second kappa shape index (κ2) is 7.26. The molecule has 6 N–H and O–H groups in total. The van der Waals surface area contributed by atoms with Crippen LogP contribution in [0.4, 0.5) is 10.2 Å². The molecule has 0 radical (unpaired) electrons. The first-order chi connectivity index (χ1) is 13.1. The molecule has 7 nitrogen and oxygen atoms in total. The summed E-state index contributed by atoms with van der Waals surface area (Å²) < 4.78 is 15.1. The lowest BCUT2D eigenvalue weighted by molar-refractivity contribution is 0.0965. The highest BCUT2D eigenvalue weighted by atomic mass is 19.1. The number of rotatable bonds is 5. The van der Waals surface area contributed by atoms with Crippen LogP contribution in [-0.4, -0.2) is 35.2 Å². The van der Waals surface area contributed by atoms with Gasteiger partial charge in [0.2, 0.25) is 0 Å². The number of hydrogen-bond acceptors (Lipinski definition) is 6. The van der Waals surface area contributed by atoms with Crippen molar-refractivity contribution in [3.63, 3.8) is 0 Å². The number of anilines is 1. The van der Waals surface area contributed by atoms with Gasteiger partial charge in [-0.2, -0.15) is 0 Å². The molecule has 27 heavy (non-hydrogen) atoms. The van der Waals surface area contributed by atoms with Gasteiger partial charge in [-0.25, -0.2) is 9.37 Å². The maximum atomic E-state index is 15.1. The average Bonchev–Trinajstić information content (AvgIpc) is 3.41. The Balaban J connectivity index is 1.73. The van der Waals surface area contributed by atoms with Gasteiger partial charge in [0.15, 0.2) is 11.6 Å². The molecule has 0 saturated heterocycles. The Morgan fingerprint density at radius 2 is 2.07 bits per heavy atom. The summed E-state index contributed by atoms with van der Waals surface area (Å²) in [4.78, 5) is 21.2. The van der Waals surface area contributed by atoms with Crippen LogP contribution in [-0.2, 0) is 6.54 Å². The molecule has 2 saturated carbocycles. The third-order valence-electron chi connectivity index (χ3n) is 5.45. The van der Waals surface area contributed by atoms with E-state index in [1.165, 1.54) is 6.20 Å². The van der Waals surface area contributed by atoms with Gasteiger partial charge in [0.1, 0.15) is 0 Å². The highest BCUT2D eigenvalue weighted by Crippen LogP contribution is 2.32.